The van der Waals surface area contributed by atoms with Crippen molar-refractivity contribution < 1.29 is 0 Å². The molecule has 0 aromatic rings. The first-order valence-electron chi connectivity index (χ1n) is 5.11. The maximum atomic E-state index is 7.64. The molecule has 2 heteroatoms. The number of amidine groups is 1. The Morgan fingerprint density at radius 2 is 2.08 bits per heavy atom. The van der Waals surface area contributed by atoms with Gasteiger partial charge in [0, 0.05) is 11.6 Å². The molecule has 13 heavy (non-hydrogen) atoms. The van der Waals surface area contributed by atoms with E-state index in [-0.39, 0.29) is 5.41 Å². The van der Waals surface area contributed by atoms with Crippen LogP contribution in [0.3, 0.4) is 0 Å². The lowest BCUT2D eigenvalue weighted by atomic mass is 9.95. The molecule has 1 fully saturated rings. The molecule has 2 nitrogen and oxygen atoms in total. The summed E-state index contributed by atoms with van der Waals surface area (Å²) in [5.41, 5.74) is -0.101. The second-order valence-corrected chi connectivity index (χ2v) is 4.93. The molecular formula is C11H20N2. The standard InChI is InChI=1S/C11H20N2/c1-11(2,3)10(12)13-8-4-5-9-6-7-9/h8-9,12H,4-7H2,1-3H3/b12-10?,13-8-. The van der Waals surface area contributed by atoms with Crippen molar-refractivity contribution in [3.8, 4) is 0 Å². The van der Waals surface area contributed by atoms with Gasteiger partial charge < -0.3 is 0 Å². The molecule has 0 aromatic carbocycles. The predicted octanol–water partition coefficient (Wildman–Crippen LogP) is 3.27. The molecule has 0 heterocycles. The summed E-state index contributed by atoms with van der Waals surface area (Å²) in [7, 11) is 0. The monoisotopic (exact) mass is 180 g/mol. The lowest BCUT2D eigenvalue weighted by Gasteiger charge is -2.15. The fourth-order valence-corrected chi connectivity index (χ4v) is 1.07. The second kappa shape index (κ2) is 4.03. The lowest BCUT2D eigenvalue weighted by Crippen LogP contribution is -2.16. The van der Waals surface area contributed by atoms with Crippen LogP contribution in [0.1, 0.15) is 46.5 Å². The zero-order valence-electron chi connectivity index (χ0n) is 8.93. The fourth-order valence-electron chi connectivity index (χ4n) is 1.07. The van der Waals surface area contributed by atoms with Crippen molar-refractivity contribution in [2.24, 2.45) is 16.3 Å². The SMILES string of the molecule is CC(C)(C)C(=N)/N=C\CCC1CC1. The Kier molecular flexibility index (Phi) is 3.23. The van der Waals surface area contributed by atoms with E-state index < -0.39 is 0 Å². The van der Waals surface area contributed by atoms with Crippen molar-refractivity contribution in [3.05, 3.63) is 0 Å². The molecule has 1 saturated carbocycles. The Hall–Kier alpha value is -0.660. The van der Waals surface area contributed by atoms with Gasteiger partial charge in [-0.3, -0.25) is 5.41 Å². The van der Waals surface area contributed by atoms with Crippen molar-refractivity contribution in [2.75, 3.05) is 0 Å². The van der Waals surface area contributed by atoms with Gasteiger partial charge in [0.2, 0.25) is 0 Å². The molecule has 1 rings (SSSR count). The van der Waals surface area contributed by atoms with Gasteiger partial charge in [-0.15, -0.1) is 0 Å². The number of nitrogens with zero attached hydrogens (tertiary/aromatic N) is 1. The highest BCUT2D eigenvalue weighted by Crippen LogP contribution is 2.33. The largest absolute Gasteiger partial charge is 0.286 e. The van der Waals surface area contributed by atoms with Gasteiger partial charge in [-0.25, -0.2) is 4.99 Å². The third-order valence-electron chi connectivity index (χ3n) is 2.33. The zero-order valence-corrected chi connectivity index (χ0v) is 8.93. The summed E-state index contributed by atoms with van der Waals surface area (Å²) < 4.78 is 0. The summed E-state index contributed by atoms with van der Waals surface area (Å²) in [6.45, 7) is 6.06. The van der Waals surface area contributed by atoms with Gasteiger partial charge in [0.1, 0.15) is 5.84 Å². The van der Waals surface area contributed by atoms with E-state index in [1.54, 1.807) is 0 Å². The summed E-state index contributed by atoms with van der Waals surface area (Å²) in [5.74, 6) is 1.46. The van der Waals surface area contributed by atoms with Crippen LogP contribution in [-0.4, -0.2) is 12.1 Å². The van der Waals surface area contributed by atoms with Gasteiger partial charge in [-0.1, -0.05) is 33.6 Å². The highest BCUT2D eigenvalue weighted by atomic mass is 14.8. The van der Waals surface area contributed by atoms with E-state index in [2.05, 4.69) is 4.99 Å². The van der Waals surface area contributed by atoms with Crippen LogP contribution in [0.5, 0.6) is 0 Å². The molecule has 0 spiro atoms. The first-order chi connectivity index (χ1) is 6.00. The van der Waals surface area contributed by atoms with E-state index >= 15 is 0 Å². The van der Waals surface area contributed by atoms with Crippen LogP contribution >= 0.6 is 0 Å². The minimum absolute atomic E-state index is 0.101. The van der Waals surface area contributed by atoms with E-state index in [4.69, 9.17) is 5.41 Å². The third kappa shape index (κ3) is 4.20. The molecule has 1 N–H and O–H groups in total. The number of hydrogen-bond acceptors (Lipinski definition) is 1. The molecule has 1 aliphatic rings. The number of hydrogen-bond donors (Lipinski definition) is 1. The predicted molar refractivity (Wildman–Crippen MR) is 57.6 cm³/mol. The Morgan fingerprint density at radius 3 is 2.54 bits per heavy atom. The number of nitrogens with one attached hydrogen (secondary N) is 1. The maximum Gasteiger partial charge on any atom is 0.125 e. The first-order valence-corrected chi connectivity index (χ1v) is 5.11. The van der Waals surface area contributed by atoms with Gasteiger partial charge >= 0.3 is 0 Å². The van der Waals surface area contributed by atoms with E-state index in [1.165, 1.54) is 19.3 Å². The molecular weight excluding hydrogens is 160 g/mol. The van der Waals surface area contributed by atoms with Crippen molar-refractivity contribution in [3.63, 3.8) is 0 Å². The van der Waals surface area contributed by atoms with Crippen LogP contribution in [0.4, 0.5) is 0 Å². The van der Waals surface area contributed by atoms with E-state index in [0.29, 0.717) is 5.84 Å². The lowest BCUT2D eigenvalue weighted by molar-refractivity contribution is 0.581. The molecule has 74 valence electrons. The van der Waals surface area contributed by atoms with E-state index in [1.807, 2.05) is 27.0 Å². The van der Waals surface area contributed by atoms with Crippen LogP contribution in [-0.2, 0) is 0 Å². The van der Waals surface area contributed by atoms with Crippen molar-refractivity contribution in [1.29, 1.82) is 5.41 Å². The number of aliphatic imine (C=N–C) groups is 1. The molecule has 0 atom stereocenters. The molecule has 0 aliphatic heterocycles. The van der Waals surface area contributed by atoms with Crippen molar-refractivity contribution >= 4 is 12.1 Å². The minimum atomic E-state index is -0.101. The van der Waals surface area contributed by atoms with Crippen molar-refractivity contribution in [2.45, 2.75) is 46.5 Å². The van der Waals surface area contributed by atoms with Gasteiger partial charge in [0.25, 0.3) is 0 Å². The maximum absolute atomic E-state index is 7.64. The molecule has 0 amide bonds. The first kappa shape index (κ1) is 10.4. The third-order valence-corrected chi connectivity index (χ3v) is 2.33. The van der Waals surface area contributed by atoms with E-state index in [9.17, 15) is 0 Å². The summed E-state index contributed by atoms with van der Waals surface area (Å²) in [5, 5.41) is 7.64. The summed E-state index contributed by atoms with van der Waals surface area (Å²) in [6.07, 6.45) is 7.03. The van der Waals surface area contributed by atoms with Crippen molar-refractivity contribution in [1.82, 2.24) is 0 Å². The average molecular weight is 180 g/mol. The molecule has 0 bridgehead atoms. The summed E-state index contributed by atoms with van der Waals surface area (Å²) in [6, 6.07) is 0. The van der Waals surface area contributed by atoms with Gasteiger partial charge in [0.15, 0.2) is 0 Å². The van der Waals surface area contributed by atoms with Gasteiger partial charge in [-0.05, 0) is 18.8 Å². The fraction of sp³-hybridized carbons (Fsp3) is 0.818. The smallest absolute Gasteiger partial charge is 0.125 e. The molecule has 0 unspecified atom stereocenters. The van der Waals surface area contributed by atoms with E-state index in [0.717, 1.165) is 12.3 Å². The second-order valence-electron chi connectivity index (χ2n) is 4.93. The Bertz CT molecular complexity index is 207. The summed E-state index contributed by atoms with van der Waals surface area (Å²) in [4.78, 5) is 4.15. The Balaban J connectivity index is 2.18. The topological polar surface area (TPSA) is 36.2 Å². The van der Waals surface area contributed by atoms with Crippen LogP contribution in [0, 0.1) is 16.7 Å². The summed E-state index contributed by atoms with van der Waals surface area (Å²) >= 11 is 0. The molecule has 0 radical (unpaired) electrons. The highest BCUT2D eigenvalue weighted by molar-refractivity contribution is 5.90. The van der Waals surface area contributed by atoms with Gasteiger partial charge in [-0.2, -0.15) is 0 Å². The van der Waals surface area contributed by atoms with Crippen LogP contribution in [0.25, 0.3) is 0 Å². The molecule has 0 saturated heterocycles. The zero-order chi connectivity index (χ0) is 9.90. The Morgan fingerprint density at radius 1 is 1.46 bits per heavy atom. The normalized spacial score (nSPS) is 18.1. The van der Waals surface area contributed by atoms with Crippen LogP contribution in [0.15, 0.2) is 4.99 Å². The van der Waals surface area contributed by atoms with Crippen LogP contribution < -0.4 is 0 Å². The number of rotatable bonds is 3. The molecule has 1 aliphatic carbocycles. The Labute approximate surface area is 81.0 Å². The minimum Gasteiger partial charge on any atom is -0.286 e. The molecule has 0 aromatic heterocycles. The van der Waals surface area contributed by atoms with Crippen LogP contribution in [0.2, 0.25) is 0 Å². The van der Waals surface area contributed by atoms with Gasteiger partial charge in [0.05, 0.1) is 0 Å². The quantitative estimate of drug-likeness (QED) is 0.511. The average Bonchev–Trinajstić information content (AvgIpc) is 2.79. The highest BCUT2D eigenvalue weighted by Gasteiger charge is 2.20.